The zero-order valence-electron chi connectivity index (χ0n) is 9.36. The second-order valence-corrected chi connectivity index (χ2v) is 3.58. The van der Waals surface area contributed by atoms with Gasteiger partial charge in [0.2, 0.25) is 0 Å². The van der Waals surface area contributed by atoms with Gasteiger partial charge >= 0.3 is 6.36 Å². The highest BCUT2D eigenvalue weighted by Crippen LogP contribution is 2.25. The van der Waals surface area contributed by atoms with E-state index in [1.165, 1.54) is 12.1 Å². The lowest BCUT2D eigenvalue weighted by molar-refractivity contribution is -0.274. The van der Waals surface area contributed by atoms with Crippen molar-refractivity contribution >= 4 is 0 Å². The molecule has 0 aliphatic heterocycles. The van der Waals surface area contributed by atoms with Crippen LogP contribution in [0.2, 0.25) is 0 Å². The summed E-state index contributed by atoms with van der Waals surface area (Å²) in [6.45, 7) is 3.22. The van der Waals surface area contributed by atoms with Crippen LogP contribution in [-0.2, 0) is 0 Å². The van der Waals surface area contributed by atoms with Gasteiger partial charge in [0.25, 0.3) is 0 Å². The fourth-order valence-corrected chi connectivity index (χ4v) is 1.03. The van der Waals surface area contributed by atoms with Gasteiger partial charge in [0.15, 0.2) is 0 Å². The van der Waals surface area contributed by atoms with E-state index in [4.69, 9.17) is 4.74 Å². The Morgan fingerprint density at radius 3 is 1.94 bits per heavy atom. The zero-order valence-corrected chi connectivity index (χ0v) is 9.36. The van der Waals surface area contributed by atoms with E-state index < -0.39 is 18.6 Å². The minimum absolute atomic E-state index is 0.311. The molecule has 0 aliphatic rings. The average Bonchev–Trinajstić information content (AvgIpc) is 2.18. The third-order valence-corrected chi connectivity index (χ3v) is 2.06. The van der Waals surface area contributed by atoms with Gasteiger partial charge in [0.05, 0.1) is 6.10 Å². The highest BCUT2D eigenvalue weighted by Gasteiger charge is 2.30. The Labute approximate surface area is 96.8 Å². The Kier molecular flexibility index (Phi) is 4.22. The van der Waals surface area contributed by atoms with Gasteiger partial charge in [-0.2, -0.15) is 0 Å². The molecule has 0 spiro atoms. The van der Waals surface area contributed by atoms with E-state index in [2.05, 4.69) is 4.74 Å². The molecular formula is C11H13F3O3. The number of hydrogen-bond acceptors (Lipinski definition) is 3. The predicted octanol–water partition coefficient (Wildman–Crippen LogP) is 2.73. The maximum atomic E-state index is 11.9. The van der Waals surface area contributed by atoms with Crippen LogP contribution in [0.5, 0.6) is 11.5 Å². The summed E-state index contributed by atoms with van der Waals surface area (Å²) in [7, 11) is 0. The predicted molar refractivity (Wildman–Crippen MR) is 54.9 cm³/mol. The summed E-state index contributed by atoms with van der Waals surface area (Å²) in [4.78, 5) is 0. The van der Waals surface area contributed by atoms with Crippen molar-refractivity contribution in [2.24, 2.45) is 0 Å². The summed E-state index contributed by atoms with van der Waals surface area (Å²) in [6.07, 6.45) is -5.81. The van der Waals surface area contributed by atoms with Crippen LogP contribution in [0, 0.1) is 0 Å². The summed E-state index contributed by atoms with van der Waals surface area (Å²) in [5.74, 6) is 0.0578. The van der Waals surface area contributed by atoms with Crippen LogP contribution in [0.25, 0.3) is 0 Å². The first kappa shape index (κ1) is 13.6. The average molecular weight is 250 g/mol. The van der Waals surface area contributed by atoms with E-state index in [1.807, 2.05) is 0 Å². The molecule has 2 atom stereocenters. The molecule has 0 amide bonds. The van der Waals surface area contributed by atoms with Gasteiger partial charge in [0.1, 0.15) is 17.6 Å². The van der Waals surface area contributed by atoms with Crippen molar-refractivity contribution in [1.82, 2.24) is 0 Å². The van der Waals surface area contributed by atoms with Gasteiger partial charge < -0.3 is 14.6 Å². The molecule has 1 aromatic carbocycles. The third kappa shape index (κ3) is 4.95. The monoisotopic (exact) mass is 250 g/mol. The number of benzene rings is 1. The van der Waals surface area contributed by atoms with Gasteiger partial charge in [-0.25, -0.2) is 0 Å². The lowest BCUT2D eigenvalue weighted by Gasteiger charge is -2.17. The molecule has 1 rings (SSSR count). The van der Waals surface area contributed by atoms with Crippen molar-refractivity contribution < 1.29 is 27.8 Å². The van der Waals surface area contributed by atoms with Crippen LogP contribution in [0.1, 0.15) is 13.8 Å². The second-order valence-electron chi connectivity index (χ2n) is 3.58. The van der Waals surface area contributed by atoms with Gasteiger partial charge in [0, 0.05) is 0 Å². The van der Waals surface area contributed by atoms with Crippen LogP contribution >= 0.6 is 0 Å². The van der Waals surface area contributed by atoms with Gasteiger partial charge in [-0.1, -0.05) is 0 Å². The summed E-state index contributed by atoms with van der Waals surface area (Å²) in [5.41, 5.74) is 0. The van der Waals surface area contributed by atoms with E-state index in [0.717, 1.165) is 12.1 Å². The highest BCUT2D eigenvalue weighted by molar-refractivity contribution is 5.31. The molecule has 0 heterocycles. The largest absolute Gasteiger partial charge is 0.573 e. The SMILES string of the molecule is CC(O)C(C)Oc1ccc(OC(F)(F)F)cc1. The first-order chi connectivity index (χ1) is 7.78. The summed E-state index contributed by atoms with van der Waals surface area (Å²) in [6, 6.07) is 5.00. The second kappa shape index (κ2) is 5.27. The maximum absolute atomic E-state index is 11.9. The van der Waals surface area contributed by atoms with Crippen LogP contribution in [0.4, 0.5) is 13.2 Å². The lowest BCUT2D eigenvalue weighted by atomic mass is 10.2. The molecule has 0 saturated carbocycles. The molecular weight excluding hydrogens is 237 g/mol. The van der Waals surface area contributed by atoms with Gasteiger partial charge in [-0.15, -0.1) is 13.2 Å². The maximum Gasteiger partial charge on any atom is 0.573 e. The summed E-state index contributed by atoms with van der Waals surface area (Å²) in [5, 5.41) is 9.19. The molecule has 2 unspecified atom stereocenters. The van der Waals surface area contributed by atoms with Crippen LogP contribution in [-0.4, -0.2) is 23.7 Å². The Morgan fingerprint density at radius 2 is 1.53 bits per heavy atom. The molecule has 0 fully saturated rings. The molecule has 0 aliphatic carbocycles. The van der Waals surface area contributed by atoms with Crippen molar-refractivity contribution in [1.29, 1.82) is 0 Å². The van der Waals surface area contributed by atoms with E-state index >= 15 is 0 Å². The Balaban J connectivity index is 2.62. The van der Waals surface area contributed by atoms with Crippen molar-refractivity contribution in [3.05, 3.63) is 24.3 Å². The number of hydrogen-bond donors (Lipinski definition) is 1. The molecule has 6 heteroatoms. The van der Waals surface area contributed by atoms with Crippen molar-refractivity contribution in [2.45, 2.75) is 32.4 Å². The molecule has 0 aromatic heterocycles. The first-order valence-electron chi connectivity index (χ1n) is 4.98. The van der Waals surface area contributed by atoms with Gasteiger partial charge in [-0.05, 0) is 38.1 Å². The zero-order chi connectivity index (χ0) is 13.1. The van der Waals surface area contributed by atoms with Crippen molar-refractivity contribution in [2.75, 3.05) is 0 Å². The molecule has 0 bridgehead atoms. The molecule has 3 nitrogen and oxygen atoms in total. The standard InChI is InChI=1S/C11H13F3O3/c1-7(15)8(2)16-9-3-5-10(6-4-9)17-11(12,13)14/h3-8,15H,1-2H3. The van der Waals surface area contributed by atoms with Crippen LogP contribution in [0.3, 0.4) is 0 Å². The minimum atomic E-state index is -4.70. The fraction of sp³-hybridized carbons (Fsp3) is 0.455. The Morgan fingerprint density at radius 1 is 1.06 bits per heavy atom. The van der Waals surface area contributed by atoms with E-state index in [9.17, 15) is 18.3 Å². The normalized spacial score (nSPS) is 15.2. The van der Waals surface area contributed by atoms with Crippen molar-refractivity contribution in [3.63, 3.8) is 0 Å². The molecule has 0 saturated heterocycles. The van der Waals surface area contributed by atoms with Crippen molar-refractivity contribution in [3.8, 4) is 11.5 Å². The lowest BCUT2D eigenvalue weighted by Crippen LogP contribution is -2.25. The quantitative estimate of drug-likeness (QED) is 0.893. The molecule has 96 valence electrons. The smallest absolute Gasteiger partial charge is 0.488 e. The van der Waals surface area contributed by atoms with E-state index in [1.54, 1.807) is 13.8 Å². The number of aliphatic hydroxyl groups is 1. The number of rotatable bonds is 4. The van der Waals surface area contributed by atoms with Gasteiger partial charge in [-0.3, -0.25) is 0 Å². The first-order valence-corrected chi connectivity index (χ1v) is 4.98. The Bertz CT molecular complexity index is 346. The number of alkyl halides is 3. The number of halogens is 3. The fourth-order valence-electron chi connectivity index (χ4n) is 1.03. The minimum Gasteiger partial charge on any atom is -0.488 e. The third-order valence-electron chi connectivity index (χ3n) is 2.06. The van der Waals surface area contributed by atoms with Crippen LogP contribution in [0.15, 0.2) is 24.3 Å². The van der Waals surface area contributed by atoms with E-state index in [0.29, 0.717) is 5.75 Å². The highest BCUT2D eigenvalue weighted by atomic mass is 19.4. The van der Waals surface area contributed by atoms with Crippen LogP contribution < -0.4 is 9.47 Å². The number of aliphatic hydroxyl groups excluding tert-OH is 1. The molecule has 1 aromatic rings. The topological polar surface area (TPSA) is 38.7 Å². The van der Waals surface area contributed by atoms with E-state index in [-0.39, 0.29) is 5.75 Å². The Hall–Kier alpha value is -1.43. The number of ether oxygens (including phenoxy) is 2. The summed E-state index contributed by atoms with van der Waals surface area (Å²) >= 11 is 0. The summed E-state index contributed by atoms with van der Waals surface area (Å²) < 4.78 is 44.6. The molecule has 1 N–H and O–H groups in total. The molecule has 17 heavy (non-hydrogen) atoms. The molecule has 0 radical (unpaired) electrons.